The van der Waals surface area contributed by atoms with Gasteiger partial charge in [-0.05, 0) is 17.7 Å². The molecular formula is C12H14ClFN2O. The van der Waals surface area contributed by atoms with Crippen LogP contribution in [-0.2, 0) is 11.2 Å². The summed E-state index contributed by atoms with van der Waals surface area (Å²) in [4.78, 5) is 1.96. The summed E-state index contributed by atoms with van der Waals surface area (Å²) in [6.07, 6.45) is 0.430. The summed E-state index contributed by atoms with van der Waals surface area (Å²) < 4.78 is 18.1. The van der Waals surface area contributed by atoms with Crippen molar-refractivity contribution in [2.24, 2.45) is 0 Å². The van der Waals surface area contributed by atoms with Crippen LogP contribution in [0.25, 0.3) is 0 Å². The maximum Gasteiger partial charge on any atom is 0.124 e. The second kappa shape index (κ2) is 5.47. The fraction of sp³-hybridized carbons (Fsp3) is 0.417. The molecule has 1 aliphatic heterocycles. The van der Waals surface area contributed by atoms with E-state index in [4.69, 9.17) is 21.7 Å². The van der Waals surface area contributed by atoms with Gasteiger partial charge in [0.1, 0.15) is 11.7 Å². The van der Waals surface area contributed by atoms with Crippen LogP contribution < -0.4 is 0 Å². The van der Waals surface area contributed by atoms with Gasteiger partial charge in [0.25, 0.3) is 0 Å². The zero-order valence-electron chi connectivity index (χ0n) is 9.38. The summed E-state index contributed by atoms with van der Waals surface area (Å²) in [6.45, 7) is 2.77. The molecule has 5 heteroatoms. The zero-order chi connectivity index (χ0) is 12.3. The Morgan fingerprint density at radius 1 is 1.41 bits per heavy atom. The van der Waals surface area contributed by atoms with Crippen molar-refractivity contribution < 1.29 is 9.13 Å². The number of amidine groups is 1. The molecule has 2 rings (SSSR count). The van der Waals surface area contributed by atoms with E-state index >= 15 is 0 Å². The Morgan fingerprint density at radius 2 is 2.12 bits per heavy atom. The summed E-state index contributed by atoms with van der Waals surface area (Å²) in [6, 6.07) is 4.28. The van der Waals surface area contributed by atoms with Gasteiger partial charge in [-0.1, -0.05) is 17.7 Å². The maximum absolute atomic E-state index is 12.9. The lowest BCUT2D eigenvalue weighted by Gasteiger charge is -2.29. The van der Waals surface area contributed by atoms with Crippen molar-refractivity contribution >= 4 is 17.4 Å². The monoisotopic (exact) mass is 256 g/mol. The minimum Gasteiger partial charge on any atom is -0.378 e. The van der Waals surface area contributed by atoms with Gasteiger partial charge >= 0.3 is 0 Å². The van der Waals surface area contributed by atoms with Gasteiger partial charge in [-0.3, -0.25) is 5.41 Å². The molecule has 0 unspecified atom stereocenters. The van der Waals surface area contributed by atoms with Gasteiger partial charge in [0.05, 0.1) is 13.2 Å². The molecule has 0 amide bonds. The molecule has 0 bridgehead atoms. The molecule has 0 radical (unpaired) electrons. The van der Waals surface area contributed by atoms with Crippen LogP contribution in [0.2, 0.25) is 5.02 Å². The van der Waals surface area contributed by atoms with E-state index in [0.717, 1.165) is 18.7 Å². The Bertz CT molecular complexity index is 419. The number of hydrogen-bond donors (Lipinski definition) is 1. The molecule has 92 valence electrons. The van der Waals surface area contributed by atoms with Crippen molar-refractivity contribution in [2.45, 2.75) is 6.42 Å². The smallest absolute Gasteiger partial charge is 0.124 e. The third-order valence-electron chi connectivity index (χ3n) is 2.77. The van der Waals surface area contributed by atoms with E-state index in [1.54, 1.807) is 6.07 Å². The molecule has 0 spiro atoms. The van der Waals surface area contributed by atoms with Crippen molar-refractivity contribution in [3.8, 4) is 0 Å². The molecule has 1 fully saturated rings. The van der Waals surface area contributed by atoms with Crippen molar-refractivity contribution in [1.82, 2.24) is 4.90 Å². The average molecular weight is 257 g/mol. The van der Waals surface area contributed by atoms with Gasteiger partial charge in [0.15, 0.2) is 0 Å². The van der Waals surface area contributed by atoms with E-state index in [-0.39, 0.29) is 5.82 Å². The van der Waals surface area contributed by atoms with Crippen LogP contribution >= 0.6 is 11.6 Å². The van der Waals surface area contributed by atoms with Gasteiger partial charge in [-0.2, -0.15) is 0 Å². The van der Waals surface area contributed by atoms with Crippen molar-refractivity contribution in [3.63, 3.8) is 0 Å². The molecule has 0 aromatic heterocycles. The molecule has 1 aliphatic rings. The number of rotatable bonds is 2. The number of ether oxygens (including phenoxy) is 1. The van der Waals surface area contributed by atoms with Gasteiger partial charge in [-0.25, -0.2) is 4.39 Å². The number of nitrogens with zero attached hydrogens (tertiary/aromatic N) is 1. The van der Waals surface area contributed by atoms with E-state index < -0.39 is 0 Å². The summed E-state index contributed by atoms with van der Waals surface area (Å²) in [5.41, 5.74) is 0.782. The van der Waals surface area contributed by atoms with E-state index in [1.807, 2.05) is 4.90 Å². The molecule has 1 heterocycles. The quantitative estimate of drug-likeness (QED) is 0.651. The minimum atomic E-state index is -0.350. The van der Waals surface area contributed by atoms with E-state index in [2.05, 4.69) is 0 Å². The van der Waals surface area contributed by atoms with Crippen LogP contribution in [-0.4, -0.2) is 37.0 Å². The lowest BCUT2D eigenvalue weighted by molar-refractivity contribution is 0.0670. The lowest BCUT2D eigenvalue weighted by Crippen LogP contribution is -2.41. The Balaban J connectivity index is 2.02. The Kier molecular flexibility index (Phi) is 3.97. The first-order valence-electron chi connectivity index (χ1n) is 5.51. The molecule has 0 saturated carbocycles. The third kappa shape index (κ3) is 3.17. The standard InChI is InChI=1S/C12H14ClFN2O/c13-11-8-10(14)2-1-9(11)7-12(15)16-3-5-17-6-4-16/h1-2,8,15H,3-7H2. The van der Waals surface area contributed by atoms with Gasteiger partial charge < -0.3 is 9.64 Å². The van der Waals surface area contributed by atoms with Crippen LogP contribution in [0.4, 0.5) is 4.39 Å². The highest BCUT2D eigenvalue weighted by molar-refractivity contribution is 6.31. The van der Waals surface area contributed by atoms with Crippen molar-refractivity contribution in [1.29, 1.82) is 5.41 Å². The van der Waals surface area contributed by atoms with Crippen LogP contribution in [0, 0.1) is 11.2 Å². The third-order valence-corrected chi connectivity index (χ3v) is 3.12. The predicted molar refractivity (Wildman–Crippen MR) is 65.2 cm³/mol. The molecule has 1 saturated heterocycles. The first kappa shape index (κ1) is 12.3. The molecule has 0 aliphatic carbocycles. The fourth-order valence-corrected chi connectivity index (χ4v) is 2.02. The first-order valence-corrected chi connectivity index (χ1v) is 5.88. The second-order valence-corrected chi connectivity index (χ2v) is 4.37. The lowest BCUT2D eigenvalue weighted by atomic mass is 10.1. The SMILES string of the molecule is N=C(Cc1ccc(F)cc1Cl)N1CCOCC1. The summed E-state index contributed by atoms with van der Waals surface area (Å²) in [5.74, 6) is 0.151. The number of benzene rings is 1. The normalized spacial score (nSPS) is 16.0. The number of halogens is 2. The number of morpholine rings is 1. The van der Waals surface area contributed by atoms with Crippen LogP contribution in [0.1, 0.15) is 5.56 Å². The van der Waals surface area contributed by atoms with Crippen LogP contribution in [0.15, 0.2) is 18.2 Å². The molecule has 0 atom stereocenters. The highest BCUT2D eigenvalue weighted by Gasteiger charge is 2.15. The van der Waals surface area contributed by atoms with Crippen molar-refractivity contribution in [2.75, 3.05) is 26.3 Å². The summed E-state index contributed by atoms with van der Waals surface area (Å²) in [5, 5.41) is 8.37. The first-order chi connectivity index (χ1) is 8.16. The largest absolute Gasteiger partial charge is 0.378 e. The van der Waals surface area contributed by atoms with Gasteiger partial charge in [0, 0.05) is 24.5 Å². The van der Waals surface area contributed by atoms with Gasteiger partial charge in [-0.15, -0.1) is 0 Å². The predicted octanol–water partition coefficient (Wildman–Crippen LogP) is 2.33. The summed E-state index contributed by atoms with van der Waals surface area (Å²) in [7, 11) is 0. The summed E-state index contributed by atoms with van der Waals surface area (Å²) >= 11 is 5.93. The average Bonchev–Trinajstić information content (AvgIpc) is 2.34. The Hall–Kier alpha value is -1.13. The van der Waals surface area contributed by atoms with Crippen LogP contribution in [0.5, 0.6) is 0 Å². The number of nitrogens with one attached hydrogen (secondary N) is 1. The molecule has 3 nitrogen and oxygen atoms in total. The molecule has 1 aromatic rings. The molecule has 1 aromatic carbocycles. The molecule has 17 heavy (non-hydrogen) atoms. The van der Waals surface area contributed by atoms with E-state index in [1.165, 1.54) is 12.1 Å². The Labute approximate surface area is 105 Å². The molecular weight excluding hydrogens is 243 g/mol. The van der Waals surface area contributed by atoms with Crippen LogP contribution in [0.3, 0.4) is 0 Å². The number of hydrogen-bond acceptors (Lipinski definition) is 2. The topological polar surface area (TPSA) is 36.3 Å². The minimum absolute atomic E-state index is 0.350. The van der Waals surface area contributed by atoms with Gasteiger partial charge in [0.2, 0.25) is 0 Å². The Morgan fingerprint density at radius 3 is 2.76 bits per heavy atom. The van der Waals surface area contributed by atoms with E-state index in [0.29, 0.717) is 30.5 Å². The second-order valence-electron chi connectivity index (χ2n) is 3.96. The highest BCUT2D eigenvalue weighted by Crippen LogP contribution is 2.18. The zero-order valence-corrected chi connectivity index (χ0v) is 10.1. The van der Waals surface area contributed by atoms with E-state index in [9.17, 15) is 4.39 Å². The fourth-order valence-electron chi connectivity index (χ4n) is 1.79. The van der Waals surface area contributed by atoms with Crippen molar-refractivity contribution in [3.05, 3.63) is 34.6 Å². The highest BCUT2D eigenvalue weighted by atomic mass is 35.5. The maximum atomic E-state index is 12.9. The molecule has 1 N–H and O–H groups in total.